The topological polar surface area (TPSA) is 23.5 Å². The zero-order valence-corrected chi connectivity index (χ0v) is 11.7. The number of hydrogen-bond acceptors (Lipinski definition) is 3. The van der Waals surface area contributed by atoms with Gasteiger partial charge >= 0.3 is 0 Å². The average molecular weight is 302 g/mol. The fourth-order valence-electron chi connectivity index (χ4n) is 2.81. The molecule has 0 amide bonds. The average Bonchev–Trinajstić information content (AvgIpc) is 2.89. The summed E-state index contributed by atoms with van der Waals surface area (Å²) in [5.74, 6) is 0. The number of thiophene rings is 1. The van der Waals surface area contributed by atoms with Crippen LogP contribution in [0.4, 0.5) is 0 Å². The van der Waals surface area contributed by atoms with Crippen molar-refractivity contribution >= 4 is 27.3 Å². The van der Waals surface area contributed by atoms with E-state index in [9.17, 15) is 5.11 Å². The van der Waals surface area contributed by atoms with Gasteiger partial charge in [0.2, 0.25) is 0 Å². The highest BCUT2D eigenvalue weighted by molar-refractivity contribution is 9.10. The molecule has 1 aliphatic heterocycles. The third kappa shape index (κ3) is 1.76. The number of nitrogens with zero attached hydrogens (tertiary/aromatic N) is 1. The summed E-state index contributed by atoms with van der Waals surface area (Å²) >= 11 is 5.19. The molecule has 3 rings (SSSR count). The molecule has 1 N–H and O–H groups in total. The molecule has 2 aliphatic rings. The zero-order valence-electron chi connectivity index (χ0n) is 9.32. The summed E-state index contributed by atoms with van der Waals surface area (Å²) in [7, 11) is 0. The second kappa shape index (κ2) is 3.80. The lowest BCUT2D eigenvalue weighted by molar-refractivity contribution is 0.0482. The Hall–Kier alpha value is 0.1000. The highest BCUT2D eigenvalue weighted by Crippen LogP contribution is 2.45. The predicted molar refractivity (Wildman–Crippen MR) is 69.7 cm³/mol. The van der Waals surface area contributed by atoms with E-state index in [0.29, 0.717) is 6.04 Å². The van der Waals surface area contributed by atoms with Gasteiger partial charge in [-0.2, -0.15) is 0 Å². The van der Waals surface area contributed by atoms with E-state index in [2.05, 4.69) is 27.8 Å². The molecule has 0 bridgehead atoms. The zero-order chi connectivity index (χ0) is 11.3. The summed E-state index contributed by atoms with van der Waals surface area (Å²) in [6.45, 7) is 3.04. The fourth-order valence-corrected chi connectivity index (χ4v) is 4.66. The lowest BCUT2D eigenvalue weighted by atomic mass is 9.99. The monoisotopic (exact) mass is 301 g/mol. The quantitative estimate of drug-likeness (QED) is 0.908. The lowest BCUT2D eigenvalue weighted by Crippen LogP contribution is -2.33. The molecule has 1 aromatic heterocycles. The second-order valence-corrected chi connectivity index (χ2v) is 6.86. The van der Waals surface area contributed by atoms with Gasteiger partial charge in [0.05, 0.1) is 4.88 Å². The molecule has 1 saturated heterocycles. The van der Waals surface area contributed by atoms with Gasteiger partial charge in [-0.05, 0) is 53.6 Å². The highest BCUT2D eigenvalue weighted by Gasteiger charge is 2.48. The largest absolute Gasteiger partial charge is 0.383 e. The van der Waals surface area contributed by atoms with Crippen LogP contribution in [0.1, 0.15) is 31.1 Å². The molecule has 0 aromatic carbocycles. The smallest absolute Gasteiger partial charge is 0.114 e. The Kier molecular flexibility index (Phi) is 2.66. The summed E-state index contributed by atoms with van der Waals surface area (Å²) < 4.78 is 1.06. The number of halogens is 1. The molecule has 1 aromatic rings. The van der Waals surface area contributed by atoms with Gasteiger partial charge in [0, 0.05) is 23.1 Å². The third-order valence-electron chi connectivity index (χ3n) is 3.70. The number of rotatable bonds is 2. The van der Waals surface area contributed by atoms with Gasteiger partial charge in [-0.15, -0.1) is 11.3 Å². The lowest BCUT2D eigenvalue weighted by Gasteiger charge is -2.23. The summed E-state index contributed by atoms with van der Waals surface area (Å²) in [5.41, 5.74) is -0.630. The molecular formula is C12H16BrNOS. The summed E-state index contributed by atoms with van der Waals surface area (Å²) in [5, 5.41) is 12.8. The Morgan fingerprint density at radius 3 is 2.88 bits per heavy atom. The maximum absolute atomic E-state index is 10.8. The van der Waals surface area contributed by atoms with Crippen molar-refractivity contribution in [1.82, 2.24) is 4.90 Å². The number of hydrogen-bond donors (Lipinski definition) is 1. The van der Waals surface area contributed by atoms with E-state index in [-0.39, 0.29) is 0 Å². The minimum absolute atomic E-state index is 0.506. The first-order chi connectivity index (χ1) is 7.60. The number of aliphatic hydroxyl groups is 1. The van der Waals surface area contributed by atoms with E-state index < -0.39 is 5.60 Å². The first-order valence-electron chi connectivity index (χ1n) is 5.82. The van der Waals surface area contributed by atoms with Crippen LogP contribution in [0, 0.1) is 0 Å². The van der Waals surface area contributed by atoms with Crippen LogP contribution in [0.25, 0.3) is 0 Å². The molecule has 1 aliphatic carbocycles. The normalized spacial score (nSPS) is 35.8. The van der Waals surface area contributed by atoms with Crippen LogP contribution in [-0.2, 0) is 5.60 Å². The van der Waals surface area contributed by atoms with Gasteiger partial charge in [-0.25, -0.2) is 0 Å². The van der Waals surface area contributed by atoms with Crippen LogP contribution in [0.2, 0.25) is 0 Å². The van der Waals surface area contributed by atoms with E-state index in [1.54, 1.807) is 11.3 Å². The first kappa shape index (κ1) is 11.2. The maximum Gasteiger partial charge on any atom is 0.114 e. The van der Waals surface area contributed by atoms with Crippen LogP contribution in [0.3, 0.4) is 0 Å². The molecule has 0 radical (unpaired) electrons. The third-order valence-corrected chi connectivity index (χ3v) is 5.73. The van der Waals surface area contributed by atoms with Gasteiger partial charge in [-0.3, -0.25) is 4.90 Å². The van der Waals surface area contributed by atoms with Gasteiger partial charge in [0.25, 0.3) is 0 Å². The Morgan fingerprint density at radius 1 is 1.56 bits per heavy atom. The predicted octanol–water partition coefficient (Wildman–Crippen LogP) is 2.95. The van der Waals surface area contributed by atoms with E-state index >= 15 is 0 Å². The molecule has 0 spiro atoms. The van der Waals surface area contributed by atoms with Crippen LogP contribution in [0.15, 0.2) is 15.9 Å². The number of likely N-dealkylation sites (tertiary alicyclic amines) is 1. The summed E-state index contributed by atoms with van der Waals surface area (Å²) in [6.07, 6.45) is 3.49. The van der Waals surface area contributed by atoms with Crippen molar-refractivity contribution in [1.29, 1.82) is 0 Å². The number of β-amino-alcohol motifs (C(OH)–C–C–N with tert-alkyl or cyclic N) is 1. The van der Waals surface area contributed by atoms with E-state index in [1.165, 1.54) is 12.8 Å². The molecule has 2 atom stereocenters. The Morgan fingerprint density at radius 2 is 2.31 bits per heavy atom. The molecule has 88 valence electrons. The molecule has 4 heteroatoms. The molecule has 2 heterocycles. The van der Waals surface area contributed by atoms with E-state index in [4.69, 9.17) is 0 Å². The molecular weight excluding hydrogens is 286 g/mol. The fraction of sp³-hybridized carbons (Fsp3) is 0.667. The van der Waals surface area contributed by atoms with Crippen molar-refractivity contribution in [2.75, 3.05) is 6.54 Å². The highest BCUT2D eigenvalue weighted by atomic mass is 79.9. The van der Waals surface area contributed by atoms with Crippen molar-refractivity contribution in [3.63, 3.8) is 0 Å². The molecule has 2 fully saturated rings. The molecule has 16 heavy (non-hydrogen) atoms. The van der Waals surface area contributed by atoms with Gasteiger partial charge in [0.1, 0.15) is 5.60 Å². The van der Waals surface area contributed by atoms with Crippen LogP contribution in [-0.4, -0.2) is 28.6 Å². The Labute approximate surface area is 108 Å². The minimum atomic E-state index is -0.630. The second-order valence-electron chi connectivity index (χ2n) is 5.09. The van der Waals surface area contributed by atoms with Crippen molar-refractivity contribution in [2.24, 2.45) is 0 Å². The minimum Gasteiger partial charge on any atom is -0.383 e. The molecule has 2 unspecified atom stereocenters. The van der Waals surface area contributed by atoms with Crippen LogP contribution < -0.4 is 0 Å². The first-order valence-corrected chi connectivity index (χ1v) is 7.49. The molecule has 2 nitrogen and oxygen atoms in total. The maximum atomic E-state index is 10.8. The van der Waals surface area contributed by atoms with Crippen molar-refractivity contribution in [3.8, 4) is 0 Å². The van der Waals surface area contributed by atoms with Crippen LogP contribution >= 0.6 is 27.3 Å². The molecule has 1 saturated carbocycles. The standard InChI is InChI=1S/C12H16BrNOS/c1-8-6-12(15,7-14(8)9-2-3-9)11-10(13)4-5-16-11/h4-5,8-9,15H,2-3,6-7H2,1H3. The van der Waals surface area contributed by atoms with Gasteiger partial charge < -0.3 is 5.11 Å². The van der Waals surface area contributed by atoms with Crippen molar-refractivity contribution in [3.05, 3.63) is 20.8 Å². The van der Waals surface area contributed by atoms with E-state index in [1.807, 2.05) is 11.4 Å². The SMILES string of the molecule is CC1CC(O)(c2sccc2Br)CN1C1CC1. The van der Waals surface area contributed by atoms with Crippen molar-refractivity contribution < 1.29 is 5.11 Å². The summed E-state index contributed by atoms with van der Waals surface area (Å²) in [4.78, 5) is 3.58. The summed E-state index contributed by atoms with van der Waals surface area (Å²) in [6, 6.07) is 3.27. The van der Waals surface area contributed by atoms with Gasteiger partial charge in [-0.1, -0.05) is 0 Å². The van der Waals surface area contributed by atoms with Crippen molar-refractivity contribution in [2.45, 2.75) is 43.9 Å². The van der Waals surface area contributed by atoms with Gasteiger partial charge in [0.15, 0.2) is 0 Å². The van der Waals surface area contributed by atoms with E-state index in [0.717, 1.165) is 28.4 Å². The Bertz CT molecular complexity index is 403. The Balaban J connectivity index is 1.87. The van der Waals surface area contributed by atoms with Crippen LogP contribution in [0.5, 0.6) is 0 Å².